The fourth-order valence-corrected chi connectivity index (χ4v) is 5.23. The minimum atomic E-state index is -5.00. The van der Waals surface area contributed by atoms with E-state index in [9.17, 15) is 22.0 Å². The topological polar surface area (TPSA) is 0 Å². The summed E-state index contributed by atoms with van der Waals surface area (Å²) < 4.78 is 65.3. The van der Waals surface area contributed by atoms with E-state index in [1.807, 2.05) is 0 Å². The van der Waals surface area contributed by atoms with E-state index in [0.29, 0.717) is 23.2 Å². The van der Waals surface area contributed by atoms with Gasteiger partial charge < -0.3 is 0 Å². The number of hydrogen-bond donors (Lipinski definition) is 1. The molecule has 6 heteroatoms. The first-order valence-electron chi connectivity index (χ1n) is 9.97. The van der Waals surface area contributed by atoms with Crippen molar-refractivity contribution in [1.82, 2.24) is 0 Å². The number of rotatable bonds is 4. The molecule has 0 atom stereocenters. The molecule has 0 aromatic heterocycles. The first-order valence-corrected chi connectivity index (χ1v) is 10.5. The monoisotopic (exact) mass is 406 g/mol. The lowest BCUT2D eigenvalue weighted by atomic mass is 9.70. The molecule has 0 radical (unpaired) electrons. The minimum Gasteiger partial charge on any atom is -0.206 e. The van der Waals surface area contributed by atoms with Crippen LogP contribution in [0.2, 0.25) is 0 Å². The van der Waals surface area contributed by atoms with Gasteiger partial charge in [-0.15, -0.1) is 0 Å². The van der Waals surface area contributed by atoms with E-state index in [0.717, 1.165) is 43.2 Å². The SMILES string of the molecule is Fc1cc(CCC2CCC(C3CCC(S)CC3)CC2)cc(F)c1C(F)(F)F. The van der Waals surface area contributed by atoms with Crippen molar-refractivity contribution >= 4 is 12.6 Å². The summed E-state index contributed by atoms with van der Waals surface area (Å²) in [6.07, 6.45) is 5.76. The first kappa shape index (κ1) is 20.9. The van der Waals surface area contributed by atoms with E-state index in [1.54, 1.807) is 0 Å². The van der Waals surface area contributed by atoms with Crippen LogP contribution in [0.15, 0.2) is 12.1 Å². The Hall–Kier alpha value is -0.780. The van der Waals surface area contributed by atoms with Crippen LogP contribution in [0, 0.1) is 29.4 Å². The number of hydrogen-bond acceptors (Lipinski definition) is 1. The fourth-order valence-electron chi connectivity index (χ4n) is 4.93. The summed E-state index contributed by atoms with van der Waals surface area (Å²) in [5.41, 5.74) is -1.48. The lowest BCUT2D eigenvalue weighted by molar-refractivity contribution is -0.142. The Kier molecular flexibility index (Phi) is 6.75. The van der Waals surface area contributed by atoms with Crippen molar-refractivity contribution < 1.29 is 22.0 Å². The maximum absolute atomic E-state index is 13.7. The summed E-state index contributed by atoms with van der Waals surface area (Å²) in [5, 5.41) is 0.558. The second-order valence-electron chi connectivity index (χ2n) is 8.32. The highest BCUT2D eigenvalue weighted by molar-refractivity contribution is 7.80. The van der Waals surface area contributed by atoms with Crippen LogP contribution in [-0.2, 0) is 12.6 Å². The normalized spacial score (nSPS) is 29.7. The first-order chi connectivity index (χ1) is 12.7. The van der Waals surface area contributed by atoms with Crippen molar-refractivity contribution in [2.75, 3.05) is 0 Å². The predicted octanol–water partition coefficient (Wildman–Crippen LogP) is 7.21. The molecule has 0 saturated heterocycles. The van der Waals surface area contributed by atoms with Crippen molar-refractivity contribution in [3.8, 4) is 0 Å². The van der Waals surface area contributed by atoms with Crippen molar-refractivity contribution in [1.29, 1.82) is 0 Å². The summed E-state index contributed by atoms with van der Waals surface area (Å²) >= 11 is 4.56. The maximum Gasteiger partial charge on any atom is 0.422 e. The van der Waals surface area contributed by atoms with Gasteiger partial charge in [0.25, 0.3) is 0 Å². The van der Waals surface area contributed by atoms with Crippen LogP contribution in [-0.4, -0.2) is 5.25 Å². The van der Waals surface area contributed by atoms with Gasteiger partial charge in [0.2, 0.25) is 0 Å². The van der Waals surface area contributed by atoms with Crippen LogP contribution in [0.4, 0.5) is 22.0 Å². The smallest absolute Gasteiger partial charge is 0.206 e. The highest BCUT2D eigenvalue weighted by atomic mass is 32.1. The molecule has 3 rings (SSSR count). The van der Waals surface area contributed by atoms with Crippen LogP contribution < -0.4 is 0 Å². The molecule has 0 bridgehead atoms. The molecule has 2 aliphatic rings. The second-order valence-corrected chi connectivity index (χ2v) is 9.05. The molecule has 0 spiro atoms. The Balaban J connectivity index is 1.49. The molecular weight excluding hydrogens is 379 g/mol. The number of halogens is 5. The summed E-state index contributed by atoms with van der Waals surface area (Å²) in [5.74, 6) is -0.937. The second kappa shape index (κ2) is 8.71. The minimum absolute atomic E-state index is 0.312. The van der Waals surface area contributed by atoms with Crippen LogP contribution in [0.5, 0.6) is 0 Å². The van der Waals surface area contributed by atoms with Gasteiger partial charge in [-0.1, -0.05) is 12.8 Å². The Labute approximate surface area is 163 Å². The molecule has 0 N–H and O–H groups in total. The van der Waals surface area contributed by atoms with Gasteiger partial charge >= 0.3 is 6.18 Å². The van der Waals surface area contributed by atoms with E-state index >= 15 is 0 Å². The lowest BCUT2D eigenvalue weighted by Gasteiger charge is -2.37. The van der Waals surface area contributed by atoms with Gasteiger partial charge in [-0.3, -0.25) is 0 Å². The number of thiol groups is 1. The largest absolute Gasteiger partial charge is 0.422 e. The van der Waals surface area contributed by atoms with Crippen molar-refractivity contribution in [3.63, 3.8) is 0 Å². The van der Waals surface area contributed by atoms with Crippen LogP contribution in [0.1, 0.15) is 68.9 Å². The third kappa shape index (κ3) is 5.39. The number of aryl methyl sites for hydroxylation is 1. The highest BCUT2D eigenvalue weighted by Crippen LogP contribution is 2.42. The molecule has 1 aromatic carbocycles. The summed E-state index contributed by atoms with van der Waals surface area (Å²) in [7, 11) is 0. The van der Waals surface area contributed by atoms with Gasteiger partial charge in [0.1, 0.15) is 17.2 Å². The quantitative estimate of drug-likeness (QED) is 0.396. The van der Waals surface area contributed by atoms with Crippen LogP contribution in [0.3, 0.4) is 0 Å². The Bertz CT molecular complexity index is 603. The molecule has 0 nitrogen and oxygen atoms in total. The average molecular weight is 407 g/mol. The average Bonchev–Trinajstić information content (AvgIpc) is 2.59. The Morgan fingerprint density at radius 2 is 1.30 bits per heavy atom. The molecule has 27 heavy (non-hydrogen) atoms. The van der Waals surface area contributed by atoms with Gasteiger partial charge in [-0.2, -0.15) is 25.8 Å². The molecule has 0 heterocycles. The van der Waals surface area contributed by atoms with Gasteiger partial charge in [0, 0.05) is 5.25 Å². The molecular formula is C21H27F5S. The van der Waals surface area contributed by atoms with E-state index in [4.69, 9.17) is 0 Å². The molecule has 1 aromatic rings. The van der Waals surface area contributed by atoms with Crippen molar-refractivity contribution in [2.24, 2.45) is 17.8 Å². The fraction of sp³-hybridized carbons (Fsp3) is 0.714. The molecule has 2 saturated carbocycles. The molecule has 0 amide bonds. The van der Waals surface area contributed by atoms with Gasteiger partial charge in [-0.05, 0) is 86.8 Å². The van der Waals surface area contributed by atoms with E-state index in [-0.39, 0.29) is 0 Å². The summed E-state index contributed by atoms with van der Waals surface area (Å²) in [6, 6.07) is 1.68. The van der Waals surface area contributed by atoms with Crippen molar-refractivity contribution in [2.45, 2.75) is 75.6 Å². The number of benzene rings is 1. The van der Waals surface area contributed by atoms with E-state index in [1.165, 1.54) is 38.5 Å². The third-order valence-corrected chi connectivity index (χ3v) is 7.04. The third-order valence-electron chi connectivity index (χ3n) is 6.53. The van der Waals surface area contributed by atoms with E-state index in [2.05, 4.69) is 12.6 Å². The van der Waals surface area contributed by atoms with Gasteiger partial charge in [0.05, 0.1) is 0 Å². The summed E-state index contributed by atoms with van der Waals surface area (Å²) in [4.78, 5) is 0. The van der Waals surface area contributed by atoms with Gasteiger partial charge in [-0.25, -0.2) is 8.78 Å². The lowest BCUT2D eigenvalue weighted by Crippen LogP contribution is -2.26. The number of alkyl halides is 3. The predicted molar refractivity (Wildman–Crippen MR) is 99.9 cm³/mol. The zero-order valence-corrected chi connectivity index (χ0v) is 16.3. The Morgan fingerprint density at radius 1 is 0.815 bits per heavy atom. The van der Waals surface area contributed by atoms with Gasteiger partial charge in [0.15, 0.2) is 0 Å². The molecule has 2 fully saturated rings. The van der Waals surface area contributed by atoms with Crippen LogP contribution >= 0.6 is 12.6 Å². The molecule has 0 aliphatic heterocycles. The zero-order chi connectivity index (χ0) is 19.6. The van der Waals surface area contributed by atoms with Crippen molar-refractivity contribution in [3.05, 3.63) is 34.9 Å². The molecule has 2 aliphatic carbocycles. The zero-order valence-electron chi connectivity index (χ0n) is 15.4. The van der Waals surface area contributed by atoms with Crippen LogP contribution in [0.25, 0.3) is 0 Å². The summed E-state index contributed by atoms with van der Waals surface area (Å²) in [6.45, 7) is 0. The molecule has 152 valence electrons. The maximum atomic E-state index is 13.7. The standard InChI is InChI=1S/C21H27F5S/c22-18-11-14(12-19(23)20(18)21(24,25)26)2-1-13-3-5-15(6-4-13)16-7-9-17(27)10-8-16/h11-13,15-17,27H,1-10H2. The highest BCUT2D eigenvalue weighted by Gasteiger charge is 2.38. The Morgan fingerprint density at radius 3 is 1.78 bits per heavy atom. The molecule has 0 unspecified atom stereocenters. The van der Waals surface area contributed by atoms with E-state index < -0.39 is 23.4 Å².